The predicted molar refractivity (Wildman–Crippen MR) is 123 cm³/mol. The van der Waals surface area contributed by atoms with Gasteiger partial charge < -0.3 is 0 Å². The van der Waals surface area contributed by atoms with E-state index in [0.29, 0.717) is 22.3 Å². The molecule has 6 heteroatoms. The predicted octanol–water partition coefficient (Wildman–Crippen LogP) is 4.05. The first kappa shape index (κ1) is 19.4. The van der Waals surface area contributed by atoms with E-state index in [1.807, 2.05) is 54.6 Å². The number of carbonyl (C=O) groups excluding carboxylic acids is 3. The van der Waals surface area contributed by atoms with Crippen LogP contribution in [-0.4, -0.2) is 27.6 Å². The van der Waals surface area contributed by atoms with Crippen LogP contribution in [-0.2, 0) is 21.7 Å². The minimum atomic E-state index is -1.43. The molecule has 0 aliphatic carbocycles. The summed E-state index contributed by atoms with van der Waals surface area (Å²) >= 11 is 0. The Labute approximate surface area is 190 Å². The Morgan fingerprint density at radius 2 is 1.58 bits per heavy atom. The van der Waals surface area contributed by atoms with Gasteiger partial charge in [0.05, 0.1) is 24.2 Å². The van der Waals surface area contributed by atoms with Gasteiger partial charge in [0.2, 0.25) is 5.91 Å². The SMILES string of the molecule is O=C1CC2(C(=O)N1Cc1ccccc1)c1ccccc1C(=O)N2c1cccc2cccnc12. The van der Waals surface area contributed by atoms with Gasteiger partial charge in [0, 0.05) is 22.7 Å². The molecule has 2 aliphatic heterocycles. The molecule has 1 atom stereocenters. The molecule has 6 nitrogen and oxygen atoms in total. The summed E-state index contributed by atoms with van der Waals surface area (Å²) in [4.78, 5) is 48.3. The van der Waals surface area contributed by atoms with Crippen LogP contribution in [0.3, 0.4) is 0 Å². The van der Waals surface area contributed by atoms with Gasteiger partial charge >= 0.3 is 0 Å². The second-order valence-corrected chi connectivity index (χ2v) is 8.35. The van der Waals surface area contributed by atoms with Crippen LogP contribution in [0.1, 0.15) is 27.9 Å². The molecular formula is C27H19N3O3. The molecule has 0 radical (unpaired) electrons. The molecule has 1 aromatic heterocycles. The van der Waals surface area contributed by atoms with Crippen molar-refractivity contribution in [3.05, 3.63) is 108 Å². The van der Waals surface area contributed by atoms with Gasteiger partial charge in [-0.1, -0.05) is 66.7 Å². The lowest BCUT2D eigenvalue weighted by molar-refractivity contribution is -0.140. The second kappa shape index (κ2) is 7.10. The molecular weight excluding hydrogens is 414 g/mol. The highest BCUT2D eigenvalue weighted by Crippen LogP contribution is 2.50. The molecule has 3 amide bonds. The van der Waals surface area contributed by atoms with Crippen molar-refractivity contribution < 1.29 is 14.4 Å². The van der Waals surface area contributed by atoms with Crippen LogP contribution in [0.5, 0.6) is 0 Å². The zero-order valence-electron chi connectivity index (χ0n) is 17.6. The standard InChI is InChI=1S/C27H19N3O3/c31-23-16-27(26(33)29(23)17-18-8-2-1-3-9-18)21-13-5-4-12-20(21)25(32)30(27)22-14-6-10-19-11-7-15-28-24(19)22/h1-15H,16-17H2. The van der Waals surface area contributed by atoms with Gasteiger partial charge in [0.25, 0.3) is 11.8 Å². The number of para-hydroxylation sites is 1. The van der Waals surface area contributed by atoms with Gasteiger partial charge in [-0.15, -0.1) is 0 Å². The molecule has 6 rings (SSSR count). The average molecular weight is 433 g/mol. The van der Waals surface area contributed by atoms with Crippen LogP contribution in [0.4, 0.5) is 5.69 Å². The van der Waals surface area contributed by atoms with Gasteiger partial charge in [0.15, 0.2) is 5.54 Å². The van der Waals surface area contributed by atoms with E-state index in [1.165, 1.54) is 9.80 Å². The number of rotatable bonds is 3. The van der Waals surface area contributed by atoms with E-state index in [-0.39, 0.29) is 30.7 Å². The number of hydrogen-bond acceptors (Lipinski definition) is 4. The van der Waals surface area contributed by atoms with Crippen molar-refractivity contribution >= 4 is 34.3 Å². The summed E-state index contributed by atoms with van der Waals surface area (Å²) in [5, 5.41) is 0.854. The third-order valence-corrected chi connectivity index (χ3v) is 6.53. The van der Waals surface area contributed by atoms with E-state index in [9.17, 15) is 14.4 Å². The summed E-state index contributed by atoms with van der Waals surface area (Å²) in [6.07, 6.45) is 1.56. The Balaban J connectivity index is 1.56. The number of imide groups is 1. The third-order valence-electron chi connectivity index (χ3n) is 6.53. The maximum absolute atomic E-state index is 14.1. The lowest BCUT2D eigenvalue weighted by Gasteiger charge is -2.34. The number of nitrogens with zero attached hydrogens (tertiary/aromatic N) is 3. The van der Waals surface area contributed by atoms with E-state index >= 15 is 0 Å². The molecule has 1 saturated heterocycles. The largest absolute Gasteiger partial charge is 0.286 e. The number of aromatic nitrogens is 1. The fourth-order valence-electron chi connectivity index (χ4n) is 5.07. The van der Waals surface area contributed by atoms with Crippen molar-refractivity contribution in [1.82, 2.24) is 9.88 Å². The number of hydrogen-bond donors (Lipinski definition) is 0. The summed E-state index contributed by atoms with van der Waals surface area (Å²) in [7, 11) is 0. The average Bonchev–Trinajstić information content (AvgIpc) is 3.25. The van der Waals surface area contributed by atoms with Crippen molar-refractivity contribution in [2.45, 2.75) is 18.5 Å². The highest BCUT2D eigenvalue weighted by atomic mass is 16.2. The molecule has 0 saturated carbocycles. The Kier molecular flexibility index (Phi) is 4.17. The molecule has 1 spiro atoms. The first-order valence-corrected chi connectivity index (χ1v) is 10.8. The first-order chi connectivity index (χ1) is 16.1. The molecule has 3 heterocycles. The fraction of sp³-hybridized carbons (Fsp3) is 0.111. The van der Waals surface area contributed by atoms with Crippen molar-refractivity contribution in [2.24, 2.45) is 0 Å². The van der Waals surface area contributed by atoms with Crippen molar-refractivity contribution in [3.63, 3.8) is 0 Å². The monoisotopic (exact) mass is 433 g/mol. The van der Waals surface area contributed by atoms with Gasteiger partial charge in [-0.25, -0.2) is 0 Å². The molecule has 1 unspecified atom stereocenters. The quantitative estimate of drug-likeness (QED) is 0.457. The molecule has 160 valence electrons. The van der Waals surface area contributed by atoms with Gasteiger partial charge in [-0.05, 0) is 23.8 Å². The lowest BCUT2D eigenvalue weighted by atomic mass is 9.87. The summed E-state index contributed by atoms with van der Waals surface area (Å²) in [5.74, 6) is -0.986. The number of anilines is 1. The maximum atomic E-state index is 14.1. The number of carbonyl (C=O) groups is 3. The number of pyridine rings is 1. The molecule has 2 aliphatic rings. The van der Waals surface area contributed by atoms with E-state index in [1.54, 1.807) is 36.5 Å². The van der Waals surface area contributed by atoms with Gasteiger partial charge in [-0.3, -0.25) is 29.2 Å². The topological polar surface area (TPSA) is 70.6 Å². The fourth-order valence-corrected chi connectivity index (χ4v) is 5.07. The van der Waals surface area contributed by atoms with Crippen LogP contribution in [0.2, 0.25) is 0 Å². The van der Waals surface area contributed by atoms with E-state index in [0.717, 1.165) is 10.9 Å². The Morgan fingerprint density at radius 1 is 0.818 bits per heavy atom. The number of likely N-dealkylation sites (tertiary alicyclic amines) is 1. The molecule has 4 aromatic rings. The Hall–Kier alpha value is -4.32. The third kappa shape index (κ3) is 2.67. The smallest absolute Gasteiger partial charge is 0.261 e. The van der Waals surface area contributed by atoms with Crippen molar-refractivity contribution in [2.75, 3.05) is 4.90 Å². The highest BCUT2D eigenvalue weighted by molar-refractivity contribution is 6.24. The molecule has 0 N–H and O–H groups in total. The first-order valence-electron chi connectivity index (χ1n) is 10.8. The van der Waals surface area contributed by atoms with Gasteiger partial charge in [-0.2, -0.15) is 0 Å². The number of benzene rings is 3. The van der Waals surface area contributed by atoms with Crippen molar-refractivity contribution in [3.8, 4) is 0 Å². The summed E-state index contributed by atoms with van der Waals surface area (Å²) in [6.45, 7) is 0.165. The zero-order chi connectivity index (χ0) is 22.6. The van der Waals surface area contributed by atoms with Crippen LogP contribution in [0.25, 0.3) is 10.9 Å². The van der Waals surface area contributed by atoms with E-state index in [4.69, 9.17) is 0 Å². The minimum Gasteiger partial charge on any atom is -0.286 e. The maximum Gasteiger partial charge on any atom is 0.261 e. The summed E-state index contributed by atoms with van der Waals surface area (Å²) in [6, 6.07) is 25.8. The normalized spacial score (nSPS) is 19.7. The second-order valence-electron chi connectivity index (χ2n) is 8.35. The summed E-state index contributed by atoms with van der Waals surface area (Å²) in [5.41, 5.74) is 1.57. The number of amides is 3. The molecule has 33 heavy (non-hydrogen) atoms. The lowest BCUT2D eigenvalue weighted by Crippen LogP contribution is -2.50. The molecule has 0 bridgehead atoms. The van der Waals surface area contributed by atoms with E-state index in [2.05, 4.69) is 4.98 Å². The molecule has 1 fully saturated rings. The zero-order valence-corrected chi connectivity index (χ0v) is 17.6. The number of fused-ring (bicyclic) bond motifs is 3. The van der Waals surface area contributed by atoms with Crippen molar-refractivity contribution in [1.29, 1.82) is 0 Å². The van der Waals surface area contributed by atoms with Crippen LogP contribution < -0.4 is 4.90 Å². The van der Waals surface area contributed by atoms with Crippen LogP contribution in [0, 0.1) is 0 Å². The molecule has 3 aromatic carbocycles. The highest BCUT2D eigenvalue weighted by Gasteiger charge is 2.63. The minimum absolute atomic E-state index is 0.107. The summed E-state index contributed by atoms with van der Waals surface area (Å²) < 4.78 is 0. The van der Waals surface area contributed by atoms with E-state index < -0.39 is 5.54 Å². The van der Waals surface area contributed by atoms with Gasteiger partial charge in [0.1, 0.15) is 0 Å². The Bertz CT molecular complexity index is 1440. The Morgan fingerprint density at radius 3 is 2.42 bits per heavy atom. The van der Waals surface area contributed by atoms with Crippen LogP contribution >= 0.6 is 0 Å². The van der Waals surface area contributed by atoms with Crippen LogP contribution in [0.15, 0.2) is 91.1 Å².